The number of nitrogens with zero attached hydrogens (tertiary/aromatic N) is 2. The van der Waals surface area contributed by atoms with Gasteiger partial charge in [-0.15, -0.1) is 36.2 Å². The molecule has 0 radical (unpaired) electrons. The second-order valence-electron chi connectivity index (χ2n) is 6.38. The quantitative estimate of drug-likeness (QED) is 0.785. The van der Waals surface area contributed by atoms with Crippen LogP contribution in [0.4, 0.5) is 0 Å². The first-order chi connectivity index (χ1) is 11.7. The number of benzene rings is 1. The molecule has 0 spiro atoms. The summed E-state index contributed by atoms with van der Waals surface area (Å²) in [5, 5.41) is 6.50. The van der Waals surface area contributed by atoms with Gasteiger partial charge in [-0.3, -0.25) is 4.79 Å². The summed E-state index contributed by atoms with van der Waals surface area (Å²) < 4.78 is 0. The molecule has 2 heterocycles. The minimum atomic E-state index is 0. The predicted octanol–water partition coefficient (Wildman–Crippen LogP) is 4.42. The molecule has 0 unspecified atom stereocenters. The van der Waals surface area contributed by atoms with Gasteiger partial charge in [0, 0.05) is 29.6 Å². The van der Waals surface area contributed by atoms with Gasteiger partial charge in [0.05, 0.1) is 10.7 Å². The summed E-state index contributed by atoms with van der Waals surface area (Å²) in [5.41, 5.74) is 2.74. The summed E-state index contributed by atoms with van der Waals surface area (Å²) in [6.45, 7) is 7.93. The maximum absolute atomic E-state index is 12.8. The van der Waals surface area contributed by atoms with Gasteiger partial charge in [-0.25, -0.2) is 4.98 Å². The lowest BCUT2D eigenvalue weighted by Crippen LogP contribution is -2.40. The Kier molecular flexibility index (Phi) is 9.58. The molecule has 1 fully saturated rings. The normalized spacial score (nSPS) is 14.5. The van der Waals surface area contributed by atoms with E-state index in [1.165, 1.54) is 0 Å². The van der Waals surface area contributed by atoms with Crippen LogP contribution in [0.15, 0.2) is 29.6 Å². The van der Waals surface area contributed by atoms with Crippen LogP contribution in [0.3, 0.4) is 0 Å². The van der Waals surface area contributed by atoms with Crippen molar-refractivity contribution in [3.63, 3.8) is 0 Å². The summed E-state index contributed by atoms with van der Waals surface area (Å²) in [6, 6.07) is 7.86. The van der Waals surface area contributed by atoms with E-state index in [1.807, 2.05) is 41.5 Å². The molecule has 144 valence electrons. The molecular weight excluding hydrogens is 389 g/mol. The van der Waals surface area contributed by atoms with Crippen LogP contribution in [0.25, 0.3) is 11.3 Å². The zero-order valence-corrected chi connectivity index (χ0v) is 17.7. The zero-order chi connectivity index (χ0) is 16.9. The van der Waals surface area contributed by atoms with E-state index >= 15 is 0 Å². The van der Waals surface area contributed by atoms with Crippen LogP contribution < -0.4 is 5.32 Å². The summed E-state index contributed by atoms with van der Waals surface area (Å²) in [5.74, 6) is 0.837. The second kappa shape index (κ2) is 10.9. The van der Waals surface area contributed by atoms with Crippen LogP contribution >= 0.6 is 36.2 Å². The molecule has 1 aromatic carbocycles. The van der Waals surface area contributed by atoms with Crippen molar-refractivity contribution in [1.82, 2.24) is 15.2 Å². The average molecular weight is 416 g/mol. The highest BCUT2D eigenvalue weighted by Crippen LogP contribution is 2.24. The van der Waals surface area contributed by atoms with E-state index in [4.69, 9.17) is 0 Å². The Morgan fingerprint density at radius 3 is 2.65 bits per heavy atom. The number of rotatable bonds is 5. The molecule has 0 atom stereocenters. The molecule has 1 amide bonds. The molecule has 0 saturated carbocycles. The minimum Gasteiger partial charge on any atom is -0.339 e. The van der Waals surface area contributed by atoms with Crippen molar-refractivity contribution in [2.75, 3.05) is 26.2 Å². The Bertz CT molecular complexity index is 700. The molecule has 2 aromatic rings. The predicted molar refractivity (Wildman–Crippen MR) is 114 cm³/mol. The minimum absolute atomic E-state index is 0. The van der Waals surface area contributed by atoms with Crippen LogP contribution in [-0.2, 0) is 0 Å². The number of aromatic nitrogens is 1. The van der Waals surface area contributed by atoms with Gasteiger partial charge in [0.1, 0.15) is 0 Å². The number of piperidine rings is 1. The van der Waals surface area contributed by atoms with E-state index in [0.29, 0.717) is 5.92 Å². The van der Waals surface area contributed by atoms with Crippen molar-refractivity contribution in [3.05, 3.63) is 40.2 Å². The monoisotopic (exact) mass is 415 g/mol. The van der Waals surface area contributed by atoms with E-state index in [0.717, 1.165) is 60.8 Å². The molecular formula is C19H27Cl2N3OS. The first kappa shape index (κ1) is 22.9. The molecule has 1 saturated heterocycles. The molecule has 3 rings (SSSR count). The Balaban J connectivity index is 0.00000169. The Morgan fingerprint density at radius 2 is 2.04 bits per heavy atom. The number of hydrogen-bond donors (Lipinski definition) is 1. The van der Waals surface area contributed by atoms with Crippen molar-refractivity contribution in [1.29, 1.82) is 0 Å². The fourth-order valence-electron chi connectivity index (χ4n) is 3.18. The summed E-state index contributed by atoms with van der Waals surface area (Å²) in [7, 11) is 0. The Hall–Kier alpha value is -1.14. The van der Waals surface area contributed by atoms with Crippen LogP contribution in [0.1, 0.15) is 35.1 Å². The number of carbonyl (C=O) groups is 1. The first-order valence-electron chi connectivity index (χ1n) is 8.70. The number of amides is 1. The van der Waals surface area contributed by atoms with Crippen molar-refractivity contribution in [3.8, 4) is 11.3 Å². The van der Waals surface area contributed by atoms with E-state index < -0.39 is 0 Å². The molecule has 0 aliphatic carbocycles. The molecule has 1 aliphatic heterocycles. The third kappa shape index (κ3) is 5.68. The fraction of sp³-hybridized carbons (Fsp3) is 0.474. The summed E-state index contributed by atoms with van der Waals surface area (Å²) in [6.07, 6.45) is 2.17. The third-order valence-electron chi connectivity index (χ3n) is 4.61. The number of aryl methyl sites for hydroxylation is 1. The van der Waals surface area contributed by atoms with Gasteiger partial charge in [0.25, 0.3) is 5.91 Å². The summed E-state index contributed by atoms with van der Waals surface area (Å²) in [4.78, 5) is 19.3. The number of carbonyl (C=O) groups excluding carboxylic acids is 1. The van der Waals surface area contributed by atoms with Gasteiger partial charge in [-0.05, 0) is 50.9 Å². The second-order valence-corrected chi connectivity index (χ2v) is 7.44. The molecule has 1 N–H and O–H groups in total. The molecule has 7 heteroatoms. The van der Waals surface area contributed by atoms with Crippen LogP contribution in [0.5, 0.6) is 0 Å². The standard InChI is InChI=1S/C19H25N3OS.2ClH/c1-3-20-12-15-7-9-22(10-8-15)19(23)17-6-4-5-16(11-17)18-13-24-14(2)21-18;;/h4-6,11,13,15,20H,3,7-10,12H2,1-2H3;2*1H. The Labute approximate surface area is 172 Å². The van der Waals surface area contributed by atoms with Gasteiger partial charge < -0.3 is 10.2 Å². The SMILES string of the molecule is CCNCC1CCN(C(=O)c2cccc(-c3csc(C)n3)c2)CC1.Cl.Cl. The average Bonchev–Trinajstić information content (AvgIpc) is 3.06. The highest BCUT2D eigenvalue weighted by molar-refractivity contribution is 7.09. The largest absolute Gasteiger partial charge is 0.339 e. The molecule has 26 heavy (non-hydrogen) atoms. The van der Waals surface area contributed by atoms with Gasteiger partial charge in [-0.2, -0.15) is 0 Å². The zero-order valence-electron chi connectivity index (χ0n) is 15.2. The fourth-order valence-corrected chi connectivity index (χ4v) is 3.80. The number of thiazole rings is 1. The van der Waals surface area contributed by atoms with E-state index in [9.17, 15) is 4.79 Å². The van der Waals surface area contributed by atoms with Crippen LogP contribution in [0.2, 0.25) is 0 Å². The number of halogens is 2. The van der Waals surface area contributed by atoms with Crippen molar-refractivity contribution >= 4 is 42.1 Å². The Morgan fingerprint density at radius 1 is 1.31 bits per heavy atom. The van der Waals surface area contributed by atoms with Crippen molar-refractivity contribution in [2.45, 2.75) is 26.7 Å². The maximum atomic E-state index is 12.8. The van der Waals surface area contributed by atoms with Crippen LogP contribution in [0, 0.1) is 12.8 Å². The number of hydrogen-bond acceptors (Lipinski definition) is 4. The molecule has 1 aliphatic rings. The van der Waals surface area contributed by atoms with E-state index in [-0.39, 0.29) is 30.7 Å². The molecule has 1 aromatic heterocycles. The van der Waals surface area contributed by atoms with E-state index in [2.05, 4.69) is 17.2 Å². The van der Waals surface area contributed by atoms with Crippen LogP contribution in [-0.4, -0.2) is 42.0 Å². The lowest BCUT2D eigenvalue weighted by molar-refractivity contribution is 0.0690. The third-order valence-corrected chi connectivity index (χ3v) is 5.38. The lowest BCUT2D eigenvalue weighted by Gasteiger charge is -2.32. The van der Waals surface area contributed by atoms with Gasteiger partial charge in [-0.1, -0.05) is 19.1 Å². The molecule has 0 bridgehead atoms. The van der Waals surface area contributed by atoms with E-state index in [1.54, 1.807) is 11.3 Å². The first-order valence-corrected chi connectivity index (χ1v) is 9.58. The number of likely N-dealkylation sites (tertiary alicyclic amines) is 1. The van der Waals surface area contributed by atoms with Crippen molar-refractivity contribution in [2.24, 2.45) is 5.92 Å². The lowest BCUT2D eigenvalue weighted by atomic mass is 9.96. The van der Waals surface area contributed by atoms with Crippen molar-refractivity contribution < 1.29 is 4.79 Å². The topological polar surface area (TPSA) is 45.2 Å². The van der Waals surface area contributed by atoms with Gasteiger partial charge in [0.2, 0.25) is 0 Å². The smallest absolute Gasteiger partial charge is 0.253 e. The highest BCUT2D eigenvalue weighted by Gasteiger charge is 2.23. The van der Waals surface area contributed by atoms with Gasteiger partial charge in [0.15, 0.2) is 0 Å². The summed E-state index contributed by atoms with van der Waals surface area (Å²) >= 11 is 1.64. The van der Waals surface area contributed by atoms with Gasteiger partial charge >= 0.3 is 0 Å². The molecule has 4 nitrogen and oxygen atoms in total. The maximum Gasteiger partial charge on any atom is 0.253 e. The highest BCUT2D eigenvalue weighted by atomic mass is 35.5. The number of nitrogens with one attached hydrogen (secondary N) is 1.